The van der Waals surface area contributed by atoms with Crippen LogP contribution in [0.1, 0.15) is 16.8 Å². The second-order valence-corrected chi connectivity index (χ2v) is 9.56. The largest absolute Gasteiger partial charge is 0.497 e. The van der Waals surface area contributed by atoms with Crippen LogP contribution in [0, 0.1) is 0 Å². The number of methoxy groups -OCH3 is 1. The Kier molecular flexibility index (Phi) is 6.45. The van der Waals surface area contributed by atoms with E-state index >= 15 is 0 Å². The van der Waals surface area contributed by atoms with Gasteiger partial charge in [0.05, 0.1) is 31.3 Å². The minimum Gasteiger partial charge on any atom is -0.497 e. The van der Waals surface area contributed by atoms with Crippen LogP contribution in [0.3, 0.4) is 0 Å². The lowest BCUT2D eigenvalue weighted by atomic mass is 10.2. The highest BCUT2D eigenvalue weighted by Crippen LogP contribution is 2.24. The van der Waals surface area contributed by atoms with E-state index in [1.807, 2.05) is 0 Å². The molecular formula is C22H25N3O6S. The zero-order valence-corrected chi connectivity index (χ0v) is 18.5. The first-order chi connectivity index (χ1) is 15.4. The summed E-state index contributed by atoms with van der Waals surface area (Å²) in [7, 11) is -2.04. The van der Waals surface area contributed by atoms with E-state index in [4.69, 9.17) is 9.47 Å². The summed E-state index contributed by atoms with van der Waals surface area (Å²) >= 11 is 0. The molecule has 2 aliphatic rings. The minimum absolute atomic E-state index is 0.0765. The molecule has 0 spiro atoms. The number of morpholine rings is 1. The molecule has 2 fully saturated rings. The standard InChI is InChI=1S/C22H25N3O6S/c1-30-19-6-4-18(5-7-19)25-15-17(14-21(25)26)23-22(27)16-2-8-20(9-3-16)32(28,29)24-10-12-31-13-11-24/h2-9,17H,10-15H2,1H3,(H,23,27)/t17-/m0/s1. The number of hydrogen-bond acceptors (Lipinski definition) is 6. The van der Waals surface area contributed by atoms with Gasteiger partial charge < -0.3 is 19.7 Å². The number of carbonyl (C=O) groups excluding carboxylic acids is 2. The van der Waals surface area contributed by atoms with Crippen LogP contribution in [0.4, 0.5) is 5.69 Å². The van der Waals surface area contributed by atoms with E-state index in [0.717, 1.165) is 5.69 Å². The highest BCUT2D eigenvalue weighted by Gasteiger charge is 2.32. The van der Waals surface area contributed by atoms with Crippen molar-refractivity contribution in [1.29, 1.82) is 0 Å². The van der Waals surface area contributed by atoms with Gasteiger partial charge >= 0.3 is 0 Å². The van der Waals surface area contributed by atoms with Gasteiger partial charge in [0, 0.05) is 37.3 Å². The number of ether oxygens (including phenoxy) is 2. The summed E-state index contributed by atoms with van der Waals surface area (Å²) in [4.78, 5) is 26.9. The molecular weight excluding hydrogens is 434 g/mol. The van der Waals surface area contributed by atoms with Gasteiger partial charge in [-0.25, -0.2) is 8.42 Å². The monoisotopic (exact) mass is 459 g/mol. The van der Waals surface area contributed by atoms with E-state index < -0.39 is 10.0 Å². The molecule has 0 aromatic heterocycles. The van der Waals surface area contributed by atoms with Crippen LogP contribution in [-0.2, 0) is 19.6 Å². The highest BCUT2D eigenvalue weighted by molar-refractivity contribution is 7.89. The van der Waals surface area contributed by atoms with Gasteiger partial charge in [-0.2, -0.15) is 4.31 Å². The van der Waals surface area contributed by atoms with Crippen molar-refractivity contribution in [2.24, 2.45) is 0 Å². The van der Waals surface area contributed by atoms with Crippen LogP contribution in [0.25, 0.3) is 0 Å². The molecule has 2 aliphatic heterocycles. The molecule has 32 heavy (non-hydrogen) atoms. The third-order valence-corrected chi connectivity index (χ3v) is 7.48. The molecule has 0 aliphatic carbocycles. The molecule has 0 radical (unpaired) electrons. The van der Waals surface area contributed by atoms with Crippen LogP contribution in [-0.4, -0.2) is 70.5 Å². The number of nitrogens with one attached hydrogen (secondary N) is 1. The van der Waals surface area contributed by atoms with Gasteiger partial charge in [0.1, 0.15) is 5.75 Å². The Morgan fingerprint density at radius 2 is 1.72 bits per heavy atom. The smallest absolute Gasteiger partial charge is 0.251 e. The molecule has 1 N–H and O–H groups in total. The van der Waals surface area contributed by atoms with Crippen molar-refractivity contribution in [2.45, 2.75) is 17.4 Å². The average Bonchev–Trinajstić information content (AvgIpc) is 3.19. The first-order valence-electron chi connectivity index (χ1n) is 10.3. The number of amides is 2. The first-order valence-corrected chi connectivity index (χ1v) is 11.8. The fourth-order valence-corrected chi connectivity index (χ4v) is 5.21. The molecule has 1 atom stereocenters. The minimum atomic E-state index is -3.62. The fourth-order valence-electron chi connectivity index (χ4n) is 3.80. The molecule has 10 heteroatoms. The summed E-state index contributed by atoms with van der Waals surface area (Å²) in [5.41, 5.74) is 1.08. The summed E-state index contributed by atoms with van der Waals surface area (Å²) in [6.07, 6.45) is 0.196. The maximum atomic E-state index is 12.7. The Morgan fingerprint density at radius 3 is 2.34 bits per heavy atom. The van der Waals surface area contributed by atoms with Gasteiger partial charge in [-0.3, -0.25) is 9.59 Å². The number of benzene rings is 2. The Morgan fingerprint density at radius 1 is 1.06 bits per heavy atom. The van der Waals surface area contributed by atoms with E-state index in [1.54, 1.807) is 36.3 Å². The van der Waals surface area contributed by atoms with Crippen LogP contribution in [0.15, 0.2) is 53.4 Å². The summed E-state index contributed by atoms with van der Waals surface area (Å²) in [6, 6.07) is 12.7. The quantitative estimate of drug-likeness (QED) is 0.697. The van der Waals surface area contributed by atoms with Crippen molar-refractivity contribution in [1.82, 2.24) is 9.62 Å². The van der Waals surface area contributed by atoms with Gasteiger partial charge in [0.25, 0.3) is 5.91 Å². The van der Waals surface area contributed by atoms with Crippen molar-refractivity contribution in [3.8, 4) is 5.75 Å². The predicted octanol–water partition coefficient (Wildman–Crippen LogP) is 1.25. The fraction of sp³-hybridized carbons (Fsp3) is 0.364. The van der Waals surface area contributed by atoms with Crippen molar-refractivity contribution in [3.05, 3.63) is 54.1 Å². The second kappa shape index (κ2) is 9.27. The van der Waals surface area contributed by atoms with Crippen LogP contribution >= 0.6 is 0 Å². The Hall–Kier alpha value is -2.95. The van der Waals surface area contributed by atoms with Crippen LogP contribution < -0.4 is 15.0 Å². The van der Waals surface area contributed by atoms with Crippen LogP contribution in [0.2, 0.25) is 0 Å². The first kappa shape index (κ1) is 22.3. The van der Waals surface area contributed by atoms with E-state index in [1.165, 1.54) is 28.6 Å². The SMILES string of the molecule is COc1ccc(N2C[C@@H](NC(=O)c3ccc(S(=O)(=O)N4CCOCC4)cc3)CC2=O)cc1. The van der Waals surface area contributed by atoms with E-state index in [2.05, 4.69) is 5.32 Å². The Bertz CT molecular complexity index is 1080. The van der Waals surface area contributed by atoms with Crippen molar-refractivity contribution >= 4 is 27.5 Å². The number of hydrogen-bond donors (Lipinski definition) is 1. The van der Waals surface area contributed by atoms with Gasteiger partial charge in [0.2, 0.25) is 15.9 Å². The maximum Gasteiger partial charge on any atom is 0.251 e. The summed E-state index contributed by atoms with van der Waals surface area (Å²) in [6.45, 7) is 1.72. The van der Waals surface area contributed by atoms with Gasteiger partial charge in [-0.05, 0) is 48.5 Å². The van der Waals surface area contributed by atoms with Crippen molar-refractivity contribution < 1.29 is 27.5 Å². The zero-order chi connectivity index (χ0) is 22.7. The number of sulfonamides is 1. The summed E-state index contributed by atoms with van der Waals surface area (Å²) < 4.78 is 37.2. The molecule has 2 aromatic carbocycles. The highest BCUT2D eigenvalue weighted by atomic mass is 32.2. The number of carbonyl (C=O) groups is 2. The number of rotatable bonds is 6. The lowest BCUT2D eigenvalue weighted by Crippen LogP contribution is -2.40. The van der Waals surface area contributed by atoms with Gasteiger partial charge in [-0.1, -0.05) is 0 Å². The molecule has 0 unspecified atom stereocenters. The van der Waals surface area contributed by atoms with Gasteiger partial charge in [-0.15, -0.1) is 0 Å². The predicted molar refractivity (Wildman–Crippen MR) is 117 cm³/mol. The molecule has 9 nitrogen and oxygen atoms in total. The lowest BCUT2D eigenvalue weighted by Gasteiger charge is -2.26. The third kappa shape index (κ3) is 4.62. The molecule has 2 heterocycles. The third-order valence-electron chi connectivity index (χ3n) is 5.57. The molecule has 2 amide bonds. The van der Waals surface area contributed by atoms with Crippen LogP contribution in [0.5, 0.6) is 5.75 Å². The molecule has 0 bridgehead atoms. The maximum absolute atomic E-state index is 12.7. The topological polar surface area (TPSA) is 105 Å². The normalized spacial score (nSPS) is 19.7. The number of nitrogens with zero attached hydrogens (tertiary/aromatic N) is 2. The average molecular weight is 460 g/mol. The Labute approximate surface area is 187 Å². The van der Waals surface area contributed by atoms with Crippen molar-refractivity contribution in [3.63, 3.8) is 0 Å². The van der Waals surface area contributed by atoms with Gasteiger partial charge in [0.15, 0.2) is 0 Å². The Balaban J connectivity index is 1.39. The second-order valence-electron chi connectivity index (χ2n) is 7.62. The molecule has 2 saturated heterocycles. The van der Waals surface area contributed by atoms with E-state index in [9.17, 15) is 18.0 Å². The number of anilines is 1. The molecule has 2 aromatic rings. The van der Waals surface area contributed by atoms with E-state index in [0.29, 0.717) is 44.2 Å². The molecule has 170 valence electrons. The zero-order valence-electron chi connectivity index (χ0n) is 17.7. The lowest BCUT2D eigenvalue weighted by molar-refractivity contribution is -0.117. The molecule has 4 rings (SSSR count). The summed E-state index contributed by atoms with van der Waals surface area (Å²) in [5, 5.41) is 2.87. The molecule has 0 saturated carbocycles. The van der Waals surface area contributed by atoms with Crippen molar-refractivity contribution in [2.75, 3.05) is 44.9 Å². The van der Waals surface area contributed by atoms with E-state index in [-0.39, 0.29) is 29.2 Å². The summed E-state index contributed by atoms with van der Waals surface area (Å²) in [5.74, 6) is 0.270.